The molecule has 1 atom stereocenters. The second-order valence-corrected chi connectivity index (χ2v) is 6.45. The minimum Gasteiger partial charge on any atom is -0.352 e. The van der Waals surface area contributed by atoms with Crippen molar-refractivity contribution in [2.45, 2.75) is 51.5 Å². The third kappa shape index (κ3) is 4.57. The first-order valence-corrected chi connectivity index (χ1v) is 8.16. The molecule has 1 unspecified atom stereocenters. The number of rotatable bonds is 5. The maximum absolute atomic E-state index is 12.1. The maximum atomic E-state index is 12.1. The fourth-order valence-electron chi connectivity index (χ4n) is 2.98. The van der Waals surface area contributed by atoms with Gasteiger partial charge in [0.15, 0.2) is 0 Å². The van der Waals surface area contributed by atoms with Crippen LogP contribution in [0.1, 0.15) is 61.4 Å². The third-order valence-corrected chi connectivity index (χ3v) is 4.52. The van der Waals surface area contributed by atoms with Gasteiger partial charge in [0.2, 0.25) is 0 Å². The van der Waals surface area contributed by atoms with Crippen molar-refractivity contribution in [2.75, 3.05) is 20.1 Å². The summed E-state index contributed by atoms with van der Waals surface area (Å²) >= 11 is 0. The zero-order valence-corrected chi connectivity index (χ0v) is 13.6. The molecule has 1 N–H and O–H groups in total. The molecule has 3 nitrogen and oxygen atoms in total. The van der Waals surface area contributed by atoms with Crippen LogP contribution in [0.5, 0.6) is 0 Å². The summed E-state index contributed by atoms with van der Waals surface area (Å²) < 4.78 is 0. The van der Waals surface area contributed by atoms with Gasteiger partial charge in [-0.3, -0.25) is 4.79 Å². The van der Waals surface area contributed by atoms with Gasteiger partial charge in [0.1, 0.15) is 0 Å². The number of benzene rings is 1. The Morgan fingerprint density at radius 1 is 1.29 bits per heavy atom. The van der Waals surface area contributed by atoms with Gasteiger partial charge in [-0.2, -0.15) is 0 Å². The summed E-state index contributed by atoms with van der Waals surface area (Å²) in [7, 11) is 2.19. The minimum atomic E-state index is 0.0452. The van der Waals surface area contributed by atoms with Crippen LogP contribution in [0.3, 0.4) is 0 Å². The number of carbonyl (C=O) groups is 1. The molecule has 1 fully saturated rings. The van der Waals surface area contributed by atoms with Crippen molar-refractivity contribution in [3.63, 3.8) is 0 Å². The van der Waals surface area contributed by atoms with E-state index in [0.717, 1.165) is 18.5 Å². The van der Waals surface area contributed by atoms with Crippen molar-refractivity contribution in [3.8, 4) is 0 Å². The van der Waals surface area contributed by atoms with E-state index in [-0.39, 0.29) is 5.91 Å². The minimum absolute atomic E-state index is 0.0452. The second-order valence-electron chi connectivity index (χ2n) is 6.45. The summed E-state index contributed by atoms with van der Waals surface area (Å²) in [4.78, 5) is 14.5. The highest BCUT2D eigenvalue weighted by molar-refractivity contribution is 5.94. The Labute approximate surface area is 128 Å². The highest BCUT2D eigenvalue weighted by Gasteiger charge is 2.18. The lowest BCUT2D eigenvalue weighted by molar-refractivity contribution is 0.0945. The Hall–Kier alpha value is -1.35. The van der Waals surface area contributed by atoms with E-state index in [1.54, 1.807) is 0 Å². The van der Waals surface area contributed by atoms with Crippen LogP contribution in [0, 0.1) is 0 Å². The number of carbonyl (C=O) groups excluding carboxylic acids is 1. The summed E-state index contributed by atoms with van der Waals surface area (Å²) in [5, 5.41) is 3.05. The Kier molecular flexibility index (Phi) is 5.80. The van der Waals surface area contributed by atoms with E-state index in [4.69, 9.17) is 0 Å². The summed E-state index contributed by atoms with van der Waals surface area (Å²) in [6, 6.07) is 8.58. The Morgan fingerprint density at radius 2 is 2.00 bits per heavy atom. The van der Waals surface area contributed by atoms with E-state index in [1.807, 2.05) is 12.1 Å². The molecule has 0 bridgehead atoms. The van der Waals surface area contributed by atoms with Crippen LogP contribution in [-0.2, 0) is 0 Å². The fraction of sp³-hybridized carbons (Fsp3) is 0.611. The second kappa shape index (κ2) is 7.60. The number of nitrogens with zero attached hydrogens (tertiary/aromatic N) is 1. The van der Waals surface area contributed by atoms with Crippen LogP contribution in [0.4, 0.5) is 0 Å². The molecule has 1 amide bonds. The van der Waals surface area contributed by atoms with Gasteiger partial charge in [-0.1, -0.05) is 32.4 Å². The summed E-state index contributed by atoms with van der Waals surface area (Å²) in [5.41, 5.74) is 2.03. The number of amides is 1. The van der Waals surface area contributed by atoms with Crippen molar-refractivity contribution in [2.24, 2.45) is 0 Å². The van der Waals surface area contributed by atoms with E-state index in [0.29, 0.717) is 12.0 Å². The van der Waals surface area contributed by atoms with Gasteiger partial charge >= 0.3 is 0 Å². The first-order valence-electron chi connectivity index (χ1n) is 8.16. The van der Waals surface area contributed by atoms with Crippen molar-refractivity contribution >= 4 is 5.91 Å². The lowest BCUT2D eigenvalue weighted by Crippen LogP contribution is -2.39. The first kappa shape index (κ1) is 16.0. The van der Waals surface area contributed by atoms with Crippen LogP contribution >= 0.6 is 0 Å². The van der Waals surface area contributed by atoms with E-state index in [1.165, 1.54) is 31.4 Å². The van der Waals surface area contributed by atoms with E-state index in [2.05, 4.69) is 43.2 Å². The van der Waals surface area contributed by atoms with Crippen molar-refractivity contribution in [3.05, 3.63) is 35.4 Å². The Balaban J connectivity index is 1.78. The van der Waals surface area contributed by atoms with Crippen LogP contribution in [0.25, 0.3) is 0 Å². The predicted molar refractivity (Wildman–Crippen MR) is 87.8 cm³/mol. The van der Waals surface area contributed by atoms with E-state index < -0.39 is 0 Å². The molecule has 2 rings (SSSR count). The van der Waals surface area contributed by atoms with E-state index >= 15 is 0 Å². The standard InChI is InChI=1S/C18H28N2O/c1-14(2)15-7-9-16(10-8-15)18(21)19-12-11-17-6-4-5-13-20(17)3/h7-10,14,17H,4-6,11-13H2,1-3H3,(H,19,21). The van der Waals surface area contributed by atoms with Crippen molar-refractivity contribution < 1.29 is 4.79 Å². The molecule has 1 aromatic carbocycles. The average molecular weight is 288 g/mol. The molecule has 0 aromatic heterocycles. The molecule has 21 heavy (non-hydrogen) atoms. The quantitative estimate of drug-likeness (QED) is 0.900. The predicted octanol–water partition coefficient (Wildman–Crippen LogP) is 3.41. The third-order valence-electron chi connectivity index (χ3n) is 4.52. The fourth-order valence-corrected chi connectivity index (χ4v) is 2.98. The monoisotopic (exact) mass is 288 g/mol. The highest BCUT2D eigenvalue weighted by Crippen LogP contribution is 2.17. The molecule has 0 aliphatic carbocycles. The molecule has 116 valence electrons. The van der Waals surface area contributed by atoms with Crippen LogP contribution in [0.2, 0.25) is 0 Å². The lowest BCUT2D eigenvalue weighted by Gasteiger charge is -2.32. The zero-order chi connectivity index (χ0) is 15.2. The van der Waals surface area contributed by atoms with Gasteiger partial charge in [0.05, 0.1) is 0 Å². The number of hydrogen-bond donors (Lipinski definition) is 1. The molecule has 1 saturated heterocycles. The molecule has 0 radical (unpaired) electrons. The number of piperidine rings is 1. The van der Waals surface area contributed by atoms with Gasteiger partial charge in [-0.05, 0) is 56.5 Å². The normalized spacial score (nSPS) is 19.7. The first-order chi connectivity index (χ1) is 10.1. The van der Waals surface area contributed by atoms with Gasteiger partial charge < -0.3 is 10.2 Å². The van der Waals surface area contributed by atoms with Gasteiger partial charge in [-0.25, -0.2) is 0 Å². The number of likely N-dealkylation sites (tertiary alicyclic amines) is 1. The van der Waals surface area contributed by atoms with Crippen LogP contribution in [-0.4, -0.2) is 37.0 Å². The molecular formula is C18H28N2O. The molecule has 0 saturated carbocycles. The number of hydrogen-bond acceptors (Lipinski definition) is 2. The van der Waals surface area contributed by atoms with Crippen LogP contribution in [0.15, 0.2) is 24.3 Å². The largest absolute Gasteiger partial charge is 0.352 e. The van der Waals surface area contributed by atoms with Crippen molar-refractivity contribution in [1.82, 2.24) is 10.2 Å². The Morgan fingerprint density at radius 3 is 2.62 bits per heavy atom. The van der Waals surface area contributed by atoms with Crippen LogP contribution < -0.4 is 5.32 Å². The molecule has 3 heteroatoms. The Bertz CT molecular complexity index is 453. The van der Waals surface area contributed by atoms with E-state index in [9.17, 15) is 4.79 Å². The smallest absolute Gasteiger partial charge is 0.251 e. The van der Waals surface area contributed by atoms with Gasteiger partial charge in [0.25, 0.3) is 5.91 Å². The molecule has 0 spiro atoms. The molecule has 1 aliphatic rings. The molecular weight excluding hydrogens is 260 g/mol. The number of nitrogens with one attached hydrogen (secondary N) is 1. The SMILES string of the molecule is CC(C)c1ccc(C(=O)NCCC2CCCCN2C)cc1. The lowest BCUT2D eigenvalue weighted by atomic mass is 10.00. The molecule has 1 heterocycles. The summed E-state index contributed by atoms with van der Waals surface area (Å²) in [6.07, 6.45) is 4.93. The maximum Gasteiger partial charge on any atom is 0.251 e. The molecule has 1 aromatic rings. The van der Waals surface area contributed by atoms with Gasteiger partial charge in [-0.15, -0.1) is 0 Å². The summed E-state index contributed by atoms with van der Waals surface area (Å²) in [5.74, 6) is 0.549. The zero-order valence-electron chi connectivity index (χ0n) is 13.6. The topological polar surface area (TPSA) is 32.3 Å². The highest BCUT2D eigenvalue weighted by atomic mass is 16.1. The molecule has 1 aliphatic heterocycles. The van der Waals surface area contributed by atoms with Gasteiger partial charge in [0, 0.05) is 18.2 Å². The average Bonchev–Trinajstić information content (AvgIpc) is 2.49. The van der Waals surface area contributed by atoms with Crippen molar-refractivity contribution in [1.29, 1.82) is 0 Å². The summed E-state index contributed by atoms with van der Waals surface area (Å²) in [6.45, 7) is 6.28.